The van der Waals surface area contributed by atoms with Crippen molar-refractivity contribution in [2.45, 2.75) is 43.9 Å². The van der Waals surface area contributed by atoms with E-state index in [1.165, 1.54) is 54.5 Å². The van der Waals surface area contributed by atoms with Crippen molar-refractivity contribution in [1.29, 1.82) is 0 Å². The van der Waals surface area contributed by atoms with Crippen molar-refractivity contribution in [3.8, 4) is 11.3 Å². The van der Waals surface area contributed by atoms with Crippen LogP contribution in [-0.4, -0.2) is 10.2 Å². The summed E-state index contributed by atoms with van der Waals surface area (Å²) in [7, 11) is 0. The van der Waals surface area contributed by atoms with Crippen molar-refractivity contribution in [3.63, 3.8) is 0 Å². The molecule has 1 saturated carbocycles. The maximum Gasteiger partial charge on any atom is 0.100 e. The predicted octanol–water partition coefficient (Wildman–Crippen LogP) is 6.23. The van der Waals surface area contributed by atoms with E-state index in [0.29, 0.717) is 0 Å². The monoisotopic (exact) mass is 360 g/mol. The van der Waals surface area contributed by atoms with Crippen LogP contribution >= 0.6 is 11.3 Å². The molecule has 132 valence electrons. The third-order valence-corrected chi connectivity index (χ3v) is 7.02. The van der Waals surface area contributed by atoms with Gasteiger partial charge in [-0.25, -0.2) is 0 Å². The summed E-state index contributed by atoms with van der Waals surface area (Å²) < 4.78 is 0. The summed E-state index contributed by atoms with van der Waals surface area (Å²) in [4.78, 5) is 0. The van der Waals surface area contributed by atoms with E-state index in [0.717, 1.165) is 18.0 Å². The minimum Gasteiger partial charge on any atom is -0.281 e. The summed E-state index contributed by atoms with van der Waals surface area (Å²) >= 11 is 1.73. The maximum absolute atomic E-state index is 4.68. The van der Waals surface area contributed by atoms with Gasteiger partial charge < -0.3 is 0 Å². The standard InChI is InChI=1S/C23H24N2S/c1-3-7-18(8-4-1)23(19-9-5-2-6-10-19)13-11-20-21(15-23)24-25-22(20)17-12-14-26-16-17/h1,3-4,7-8,11-14,16,19H,2,5-6,9-10,15H2,(H,24,25). The highest BCUT2D eigenvalue weighted by molar-refractivity contribution is 7.08. The normalized spacial score (nSPS) is 23.1. The van der Waals surface area contributed by atoms with Crippen molar-refractivity contribution >= 4 is 17.4 Å². The van der Waals surface area contributed by atoms with Crippen molar-refractivity contribution in [3.05, 3.63) is 70.1 Å². The Morgan fingerprint density at radius 2 is 1.88 bits per heavy atom. The first-order valence-electron chi connectivity index (χ1n) is 9.71. The zero-order valence-electron chi connectivity index (χ0n) is 14.9. The van der Waals surface area contributed by atoms with Gasteiger partial charge in [-0.3, -0.25) is 5.10 Å². The quantitative estimate of drug-likeness (QED) is 0.589. The summed E-state index contributed by atoms with van der Waals surface area (Å²) in [5, 5.41) is 12.4. The van der Waals surface area contributed by atoms with Gasteiger partial charge in [0.25, 0.3) is 0 Å². The van der Waals surface area contributed by atoms with Crippen LogP contribution in [-0.2, 0) is 11.8 Å². The van der Waals surface area contributed by atoms with Gasteiger partial charge in [0.05, 0.1) is 0 Å². The highest BCUT2D eigenvalue weighted by Crippen LogP contribution is 2.48. The second kappa shape index (κ2) is 6.55. The second-order valence-electron chi connectivity index (χ2n) is 7.73. The van der Waals surface area contributed by atoms with Crippen LogP contribution in [0.3, 0.4) is 0 Å². The van der Waals surface area contributed by atoms with Crippen LogP contribution < -0.4 is 0 Å². The third kappa shape index (κ3) is 2.57. The van der Waals surface area contributed by atoms with Gasteiger partial charge in [-0.1, -0.05) is 61.7 Å². The molecule has 1 fully saturated rings. The topological polar surface area (TPSA) is 28.7 Å². The van der Waals surface area contributed by atoms with E-state index in [4.69, 9.17) is 0 Å². The molecule has 2 heterocycles. The Morgan fingerprint density at radius 1 is 1.04 bits per heavy atom. The predicted molar refractivity (Wildman–Crippen MR) is 109 cm³/mol. The number of aromatic nitrogens is 2. The number of aromatic amines is 1. The highest BCUT2D eigenvalue weighted by atomic mass is 32.1. The molecule has 2 aromatic heterocycles. The van der Waals surface area contributed by atoms with E-state index < -0.39 is 0 Å². The second-order valence-corrected chi connectivity index (χ2v) is 8.51. The maximum atomic E-state index is 4.68. The number of nitrogens with one attached hydrogen (secondary N) is 1. The van der Waals surface area contributed by atoms with E-state index >= 15 is 0 Å². The van der Waals surface area contributed by atoms with E-state index in [-0.39, 0.29) is 5.41 Å². The average molecular weight is 361 g/mol. The van der Waals surface area contributed by atoms with Crippen LogP contribution in [0.1, 0.15) is 48.9 Å². The van der Waals surface area contributed by atoms with Gasteiger partial charge in [0.1, 0.15) is 5.69 Å². The average Bonchev–Trinajstić information content (AvgIpc) is 3.38. The molecular weight excluding hydrogens is 336 g/mol. The number of rotatable bonds is 3. The van der Waals surface area contributed by atoms with Gasteiger partial charge in [0, 0.05) is 34.0 Å². The molecule has 2 aliphatic carbocycles. The van der Waals surface area contributed by atoms with Gasteiger partial charge in [-0.15, -0.1) is 0 Å². The molecule has 3 heteroatoms. The van der Waals surface area contributed by atoms with Gasteiger partial charge >= 0.3 is 0 Å². The van der Waals surface area contributed by atoms with Crippen LogP contribution in [0.4, 0.5) is 0 Å². The molecule has 1 atom stereocenters. The summed E-state index contributed by atoms with van der Waals surface area (Å²) in [5.74, 6) is 0.718. The van der Waals surface area contributed by atoms with Gasteiger partial charge in [0.2, 0.25) is 0 Å². The number of H-pyrrole nitrogens is 1. The fourth-order valence-corrected chi connectivity index (χ4v) is 5.62. The molecule has 2 nitrogen and oxygen atoms in total. The molecule has 0 bridgehead atoms. The van der Waals surface area contributed by atoms with Crippen LogP contribution in [0.5, 0.6) is 0 Å². The Labute approximate surface area is 159 Å². The summed E-state index contributed by atoms with van der Waals surface area (Å²) in [6, 6.07) is 13.3. The first-order valence-corrected chi connectivity index (χ1v) is 10.7. The third-order valence-electron chi connectivity index (χ3n) is 6.34. The highest BCUT2D eigenvalue weighted by Gasteiger charge is 2.41. The number of thiophene rings is 1. The minimum atomic E-state index is 0.104. The lowest BCUT2D eigenvalue weighted by atomic mass is 9.61. The largest absolute Gasteiger partial charge is 0.281 e. The Kier molecular flexibility index (Phi) is 4.05. The minimum absolute atomic E-state index is 0.104. The van der Waals surface area contributed by atoms with E-state index in [1.54, 1.807) is 11.3 Å². The van der Waals surface area contributed by atoms with Crippen LogP contribution in [0, 0.1) is 5.92 Å². The number of hydrogen-bond donors (Lipinski definition) is 1. The lowest BCUT2D eigenvalue weighted by molar-refractivity contribution is 0.241. The summed E-state index contributed by atoms with van der Waals surface area (Å²) in [6.45, 7) is 0. The lowest BCUT2D eigenvalue weighted by Gasteiger charge is -2.43. The number of allylic oxidation sites excluding steroid dienone is 1. The van der Waals surface area contributed by atoms with E-state index in [9.17, 15) is 0 Å². The molecule has 0 radical (unpaired) electrons. The first kappa shape index (κ1) is 16.1. The Bertz CT molecular complexity index is 901. The Hall–Kier alpha value is -2.13. The zero-order valence-corrected chi connectivity index (χ0v) is 15.8. The van der Waals surface area contributed by atoms with Crippen molar-refractivity contribution in [2.24, 2.45) is 5.92 Å². The fourth-order valence-electron chi connectivity index (χ4n) is 4.98. The molecule has 3 aromatic rings. The number of hydrogen-bond acceptors (Lipinski definition) is 2. The molecule has 0 aliphatic heterocycles. The molecule has 5 rings (SSSR count). The van der Waals surface area contributed by atoms with E-state index in [2.05, 4.69) is 69.5 Å². The Morgan fingerprint density at radius 3 is 2.65 bits per heavy atom. The molecule has 1 N–H and O–H groups in total. The van der Waals surface area contributed by atoms with Crippen molar-refractivity contribution in [2.75, 3.05) is 0 Å². The first-order chi connectivity index (χ1) is 12.9. The number of fused-ring (bicyclic) bond motifs is 1. The zero-order chi connectivity index (χ0) is 17.4. The van der Waals surface area contributed by atoms with E-state index in [1.807, 2.05) is 0 Å². The number of benzene rings is 1. The summed E-state index contributed by atoms with van der Waals surface area (Å²) in [5.41, 5.74) is 6.46. The van der Waals surface area contributed by atoms with Crippen LogP contribution in [0.15, 0.2) is 53.2 Å². The molecule has 2 aliphatic rings. The van der Waals surface area contributed by atoms with Gasteiger partial charge in [-0.05, 0) is 35.8 Å². The lowest BCUT2D eigenvalue weighted by Crippen LogP contribution is -2.38. The van der Waals surface area contributed by atoms with Gasteiger partial charge in [0.15, 0.2) is 0 Å². The molecule has 0 spiro atoms. The molecule has 26 heavy (non-hydrogen) atoms. The van der Waals surface area contributed by atoms with Crippen LogP contribution in [0.25, 0.3) is 17.3 Å². The Balaban J connectivity index is 1.59. The van der Waals surface area contributed by atoms with Crippen molar-refractivity contribution in [1.82, 2.24) is 10.2 Å². The smallest absolute Gasteiger partial charge is 0.100 e. The van der Waals surface area contributed by atoms with Crippen molar-refractivity contribution < 1.29 is 0 Å². The number of nitrogens with zero attached hydrogens (tertiary/aromatic N) is 1. The van der Waals surface area contributed by atoms with Gasteiger partial charge in [-0.2, -0.15) is 16.4 Å². The molecule has 0 amide bonds. The summed E-state index contributed by atoms with van der Waals surface area (Å²) in [6.07, 6.45) is 12.7. The van der Waals surface area contributed by atoms with Crippen LogP contribution in [0.2, 0.25) is 0 Å². The SMILES string of the molecule is C1=CC(c2ccccc2)(C2CCCCC2)Cc2[nH]nc(-c3ccsc3)c21. The molecule has 0 saturated heterocycles. The molecule has 1 unspecified atom stereocenters. The molecule has 1 aromatic carbocycles. The fraction of sp³-hybridized carbons (Fsp3) is 0.348. The molecular formula is C23H24N2S.